The zero-order valence-electron chi connectivity index (χ0n) is 42.9. The molecule has 27 nitrogen and oxygen atoms in total. The highest BCUT2D eigenvalue weighted by atomic mass is 16.4. The fourth-order valence-corrected chi connectivity index (χ4v) is 8.12. The third-order valence-corrected chi connectivity index (χ3v) is 12.0. The van der Waals surface area contributed by atoms with Crippen LogP contribution in [0.2, 0.25) is 0 Å². The number of nitrogens with one attached hydrogen (secondary N) is 6. The Morgan fingerprint density at radius 3 is 1.66 bits per heavy atom. The maximum absolute atomic E-state index is 14.3. The lowest BCUT2D eigenvalue weighted by Gasteiger charge is -2.32. The number of carboxylic acid groups (broad SMARTS) is 2. The number of nitrogens with zero attached hydrogens (tertiary/aromatic N) is 3. The number of aromatic hydroxyl groups is 1. The summed E-state index contributed by atoms with van der Waals surface area (Å²) in [7, 11) is 0. The monoisotopic (exact) mass is 1070 g/mol. The van der Waals surface area contributed by atoms with Crippen LogP contribution >= 0.6 is 0 Å². The summed E-state index contributed by atoms with van der Waals surface area (Å²) in [6.45, 7) is 4.92. The third-order valence-electron chi connectivity index (χ3n) is 12.0. The molecule has 20 N–H and O–H groups in total. The van der Waals surface area contributed by atoms with Crippen LogP contribution in [0.15, 0.2) is 64.6 Å². The van der Waals surface area contributed by atoms with Crippen molar-refractivity contribution in [2.24, 2.45) is 44.6 Å². The van der Waals surface area contributed by atoms with E-state index in [2.05, 4.69) is 41.9 Å². The Morgan fingerprint density at radius 1 is 0.645 bits per heavy atom. The number of rotatable bonds is 31. The van der Waals surface area contributed by atoms with Crippen molar-refractivity contribution in [3.8, 4) is 5.75 Å². The zero-order chi connectivity index (χ0) is 56.6. The molecule has 418 valence electrons. The molecular weight excluding hydrogens is 993 g/mol. The Balaban J connectivity index is 1.88. The zero-order valence-corrected chi connectivity index (χ0v) is 42.9. The number of likely N-dealkylation sites (tertiary alicyclic amines) is 1. The number of benzene rings is 2. The lowest BCUT2D eigenvalue weighted by Crippen LogP contribution is -2.61. The highest BCUT2D eigenvalue weighted by Crippen LogP contribution is 2.21. The summed E-state index contributed by atoms with van der Waals surface area (Å²) in [5, 5.41) is 55.6. The molecule has 0 aliphatic carbocycles. The molecule has 0 bridgehead atoms. The number of phenols is 1. The van der Waals surface area contributed by atoms with Crippen LogP contribution in [0.1, 0.15) is 83.3 Å². The maximum atomic E-state index is 14.3. The van der Waals surface area contributed by atoms with Gasteiger partial charge in [0.1, 0.15) is 48.0 Å². The van der Waals surface area contributed by atoms with Crippen molar-refractivity contribution in [1.82, 2.24) is 36.8 Å². The van der Waals surface area contributed by atoms with Gasteiger partial charge in [0.15, 0.2) is 11.9 Å². The minimum absolute atomic E-state index is 0.000655. The highest BCUT2D eigenvalue weighted by Gasteiger charge is 2.42. The number of aliphatic hydroxyl groups is 1. The lowest BCUT2D eigenvalue weighted by atomic mass is 10.0. The van der Waals surface area contributed by atoms with Crippen LogP contribution in [0.5, 0.6) is 5.75 Å². The number of carbonyl (C=O) groups excluding carboxylic acids is 7. The van der Waals surface area contributed by atoms with Gasteiger partial charge in [0.25, 0.3) is 0 Å². The van der Waals surface area contributed by atoms with Crippen LogP contribution in [0.3, 0.4) is 0 Å². The van der Waals surface area contributed by atoms with Gasteiger partial charge in [-0.05, 0) is 81.0 Å². The third kappa shape index (κ3) is 21.4. The summed E-state index contributed by atoms with van der Waals surface area (Å²) in [6.07, 6.45) is -2.12. The predicted octanol–water partition coefficient (Wildman–Crippen LogP) is -3.50. The van der Waals surface area contributed by atoms with Crippen molar-refractivity contribution in [1.29, 1.82) is 0 Å². The van der Waals surface area contributed by atoms with Crippen molar-refractivity contribution >= 4 is 65.2 Å². The molecule has 1 aliphatic heterocycles. The summed E-state index contributed by atoms with van der Waals surface area (Å²) >= 11 is 0. The predicted molar refractivity (Wildman–Crippen MR) is 277 cm³/mol. The molecule has 0 saturated carbocycles. The number of hydrogen-bond donors (Lipinski definition) is 15. The van der Waals surface area contributed by atoms with Gasteiger partial charge in [-0.25, -0.2) is 4.79 Å². The molecule has 76 heavy (non-hydrogen) atoms. The number of aliphatic hydroxyl groups excluding tert-OH is 1. The van der Waals surface area contributed by atoms with Crippen LogP contribution in [0, 0.1) is 5.92 Å². The lowest BCUT2D eigenvalue weighted by molar-refractivity contribution is -0.145. The summed E-state index contributed by atoms with van der Waals surface area (Å²) in [4.78, 5) is 131. The first kappa shape index (κ1) is 62.2. The smallest absolute Gasteiger partial charge is 0.326 e. The number of hydrogen-bond acceptors (Lipinski definition) is 14. The highest BCUT2D eigenvalue weighted by molar-refractivity contribution is 5.99. The van der Waals surface area contributed by atoms with Crippen LogP contribution in [-0.2, 0) is 56.0 Å². The molecule has 0 spiro atoms. The van der Waals surface area contributed by atoms with Crippen molar-refractivity contribution in [3.05, 3.63) is 65.7 Å². The van der Waals surface area contributed by atoms with E-state index in [-0.39, 0.29) is 94.6 Å². The normalized spacial score (nSPS) is 16.2. The number of amides is 7. The molecule has 0 aromatic heterocycles. The number of carbonyl (C=O) groups is 9. The van der Waals surface area contributed by atoms with Gasteiger partial charge in [-0.15, -0.1) is 0 Å². The number of phenolic OH excluding ortho intramolecular Hbond substituents is 1. The van der Waals surface area contributed by atoms with Gasteiger partial charge in [-0.2, -0.15) is 0 Å². The van der Waals surface area contributed by atoms with Crippen LogP contribution < -0.4 is 60.6 Å². The van der Waals surface area contributed by atoms with Crippen molar-refractivity contribution in [2.75, 3.05) is 19.6 Å². The first-order valence-electron chi connectivity index (χ1n) is 24.8. The minimum Gasteiger partial charge on any atom is -0.508 e. The van der Waals surface area contributed by atoms with E-state index in [1.165, 1.54) is 31.2 Å². The second-order valence-corrected chi connectivity index (χ2v) is 18.9. The second kappa shape index (κ2) is 31.0. The number of aliphatic carboxylic acids is 2. The van der Waals surface area contributed by atoms with E-state index in [0.717, 1.165) is 4.90 Å². The van der Waals surface area contributed by atoms with E-state index in [9.17, 15) is 63.6 Å². The van der Waals surface area contributed by atoms with Gasteiger partial charge in [0, 0.05) is 32.5 Å². The summed E-state index contributed by atoms with van der Waals surface area (Å²) in [5.41, 5.74) is 28.6. The Labute approximate surface area is 439 Å². The van der Waals surface area contributed by atoms with Crippen molar-refractivity contribution in [2.45, 2.75) is 139 Å². The van der Waals surface area contributed by atoms with Crippen molar-refractivity contribution in [3.63, 3.8) is 0 Å². The molecule has 0 unspecified atom stereocenters. The molecule has 9 atom stereocenters. The fourth-order valence-electron chi connectivity index (χ4n) is 8.12. The Morgan fingerprint density at radius 2 is 1.14 bits per heavy atom. The van der Waals surface area contributed by atoms with Gasteiger partial charge in [-0.1, -0.05) is 56.3 Å². The number of aliphatic imine (C=N–C) groups is 2. The molecule has 1 fully saturated rings. The van der Waals surface area contributed by atoms with E-state index < -0.39 is 114 Å². The first-order chi connectivity index (χ1) is 35.9. The van der Waals surface area contributed by atoms with Gasteiger partial charge in [0.05, 0.1) is 18.6 Å². The van der Waals surface area contributed by atoms with E-state index >= 15 is 0 Å². The fraction of sp³-hybridized carbons (Fsp3) is 0.531. The standard InChI is InChI=1S/C49H74N14O13/c1-26(2)22-36(47(75)76)61-43(71)33(23-28-10-5-4-6-11-28)58-42(70)34(24-29-15-17-30(65)18-16-29)59-44(72)35(25-38(66)67)60-45(73)37-14-9-21-63(37)46(74)39(27(3)64)62-41(69)32(13-8-20-56-49(53)54)57-40(68)31(50)12-7-19-55-48(51)52/h4-6,10-11,15-18,26-27,31-37,39,64-65H,7-9,12-14,19-25,50H2,1-3H3,(H,57,68)(H,58,70)(H,59,72)(H,60,73)(H,61,71)(H,62,69)(H,66,67)(H,75,76)(H4,51,52,55)(H4,53,54,56)/t27-,31+,32+,33+,34+,35+,36+,37+,39+/m1/s1. The summed E-state index contributed by atoms with van der Waals surface area (Å²) in [5.74, 6) is -9.97. The largest absolute Gasteiger partial charge is 0.508 e. The van der Waals surface area contributed by atoms with Gasteiger partial charge < -0.3 is 85.9 Å². The molecule has 1 aliphatic rings. The molecule has 0 radical (unpaired) electrons. The average molecular weight is 1070 g/mol. The van der Waals surface area contributed by atoms with Crippen LogP contribution in [0.25, 0.3) is 0 Å². The maximum Gasteiger partial charge on any atom is 0.326 e. The van der Waals surface area contributed by atoms with E-state index in [1.807, 2.05) is 0 Å². The Kier molecular flexibility index (Phi) is 25.4. The Bertz CT molecular complexity index is 2360. The molecule has 2 aromatic carbocycles. The quantitative estimate of drug-likeness (QED) is 0.0198. The van der Waals surface area contributed by atoms with Gasteiger partial charge >= 0.3 is 11.9 Å². The number of nitrogens with two attached hydrogens (primary N) is 5. The Hall–Kier alpha value is -8.07. The second-order valence-electron chi connectivity index (χ2n) is 18.9. The van der Waals surface area contributed by atoms with Crippen molar-refractivity contribution < 1.29 is 63.6 Å². The molecule has 2 aromatic rings. The number of guanidine groups is 2. The number of carboxylic acids is 2. The van der Waals surface area contributed by atoms with E-state index in [1.54, 1.807) is 44.2 Å². The van der Waals surface area contributed by atoms with Crippen LogP contribution in [-0.4, -0.2) is 165 Å². The molecule has 7 amide bonds. The van der Waals surface area contributed by atoms with Gasteiger partial charge in [-0.3, -0.25) is 48.3 Å². The average Bonchev–Trinajstić information content (AvgIpc) is 3.85. The molecule has 3 rings (SSSR count). The van der Waals surface area contributed by atoms with Crippen LogP contribution in [0.4, 0.5) is 0 Å². The SMILES string of the molecule is CC(C)C[C@H](NC(=O)[C@H](Cc1ccccc1)NC(=O)[C@H](Cc1ccc(O)cc1)NC(=O)[C@H](CC(=O)O)NC(=O)[C@@H]1CCCN1C(=O)[C@@H](NC(=O)[C@H](CCCN=C(N)N)NC(=O)[C@@H](N)CCCN=C(N)N)[C@@H](C)O)C(=O)O. The van der Waals surface area contributed by atoms with Gasteiger partial charge in [0.2, 0.25) is 41.4 Å². The van der Waals surface area contributed by atoms with E-state index in [0.29, 0.717) is 17.5 Å². The van der Waals surface area contributed by atoms with E-state index in [4.69, 9.17) is 28.7 Å². The summed E-state index contributed by atoms with van der Waals surface area (Å²) < 4.78 is 0. The molecule has 27 heteroatoms. The molecule has 1 heterocycles. The molecular formula is C49H74N14O13. The minimum atomic E-state index is -1.87. The molecule has 1 saturated heterocycles. The summed E-state index contributed by atoms with van der Waals surface area (Å²) in [6, 6.07) is 2.40. The first-order valence-corrected chi connectivity index (χ1v) is 24.8. The topological polar surface area (TPSA) is 465 Å².